The molecule has 0 radical (unpaired) electrons. The number of hydrogen-bond donors (Lipinski definition) is 1. The molecule has 0 aliphatic heterocycles. The maximum absolute atomic E-state index is 13.1. The second-order valence-corrected chi connectivity index (χ2v) is 3.50. The number of halogens is 2. The first-order valence-corrected chi connectivity index (χ1v) is 5.53. The monoisotopic (exact) mass is 229 g/mol. The molecular formula is C12H17F2NO. The summed E-state index contributed by atoms with van der Waals surface area (Å²) in [6, 6.07) is 3.68. The maximum Gasteiger partial charge on any atom is 0.190 e. The first kappa shape index (κ1) is 12.9. The molecule has 0 atom stereocenters. The Labute approximate surface area is 94.6 Å². The van der Waals surface area contributed by atoms with Crippen LogP contribution in [-0.2, 0) is 0 Å². The van der Waals surface area contributed by atoms with E-state index in [1.165, 1.54) is 18.2 Å². The van der Waals surface area contributed by atoms with Gasteiger partial charge in [-0.05, 0) is 25.1 Å². The van der Waals surface area contributed by atoms with Gasteiger partial charge >= 0.3 is 0 Å². The highest BCUT2D eigenvalue weighted by Gasteiger charge is 2.08. The van der Waals surface area contributed by atoms with E-state index in [2.05, 4.69) is 12.2 Å². The fourth-order valence-electron chi connectivity index (χ4n) is 1.27. The van der Waals surface area contributed by atoms with Gasteiger partial charge in [0.25, 0.3) is 0 Å². The van der Waals surface area contributed by atoms with Gasteiger partial charge < -0.3 is 10.1 Å². The molecular weight excluding hydrogens is 212 g/mol. The number of rotatable bonds is 7. The third-order valence-electron chi connectivity index (χ3n) is 2.15. The highest BCUT2D eigenvalue weighted by molar-refractivity contribution is 5.25. The zero-order valence-corrected chi connectivity index (χ0v) is 9.43. The van der Waals surface area contributed by atoms with Crippen LogP contribution in [0.1, 0.15) is 19.8 Å². The van der Waals surface area contributed by atoms with Crippen molar-refractivity contribution in [3.63, 3.8) is 0 Å². The summed E-state index contributed by atoms with van der Waals surface area (Å²) in [6.07, 6.45) is 2.21. The van der Waals surface area contributed by atoms with Crippen molar-refractivity contribution in [1.29, 1.82) is 0 Å². The van der Waals surface area contributed by atoms with Crippen LogP contribution < -0.4 is 10.1 Å². The summed E-state index contributed by atoms with van der Waals surface area (Å²) in [7, 11) is 0. The SMILES string of the molecule is CCCCNCCOc1c(F)cccc1F. The molecule has 16 heavy (non-hydrogen) atoms. The molecule has 2 nitrogen and oxygen atoms in total. The lowest BCUT2D eigenvalue weighted by Gasteiger charge is -2.08. The van der Waals surface area contributed by atoms with E-state index >= 15 is 0 Å². The summed E-state index contributed by atoms with van der Waals surface area (Å²) in [5.74, 6) is -1.61. The van der Waals surface area contributed by atoms with Gasteiger partial charge in [0.2, 0.25) is 0 Å². The molecule has 0 aliphatic rings. The van der Waals surface area contributed by atoms with Gasteiger partial charge in [0, 0.05) is 6.54 Å². The molecule has 1 aromatic carbocycles. The third-order valence-corrected chi connectivity index (χ3v) is 2.15. The van der Waals surface area contributed by atoms with Crippen molar-refractivity contribution in [2.24, 2.45) is 0 Å². The van der Waals surface area contributed by atoms with Crippen molar-refractivity contribution < 1.29 is 13.5 Å². The molecule has 0 fully saturated rings. The number of ether oxygens (including phenoxy) is 1. The van der Waals surface area contributed by atoms with Crippen molar-refractivity contribution in [2.45, 2.75) is 19.8 Å². The van der Waals surface area contributed by atoms with Gasteiger partial charge in [-0.25, -0.2) is 8.78 Å². The van der Waals surface area contributed by atoms with Gasteiger partial charge in [0.1, 0.15) is 6.61 Å². The van der Waals surface area contributed by atoms with E-state index in [0.29, 0.717) is 6.54 Å². The van der Waals surface area contributed by atoms with Crippen LogP contribution in [0.3, 0.4) is 0 Å². The van der Waals surface area contributed by atoms with E-state index in [9.17, 15) is 8.78 Å². The number of nitrogens with one attached hydrogen (secondary N) is 1. The van der Waals surface area contributed by atoms with Crippen molar-refractivity contribution in [3.05, 3.63) is 29.8 Å². The predicted octanol–water partition coefficient (Wildman–Crippen LogP) is 2.73. The van der Waals surface area contributed by atoms with Crippen LogP contribution in [0.4, 0.5) is 8.78 Å². The minimum Gasteiger partial charge on any atom is -0.486 e. The third kappa shape index (κ3) is 4.14. The van der Waals surface area contributed by atoms with Crippen LogP contribution in [0.15, 0.2) is 18.2 Å². The Bertz CT molecular complexity index is 298. The van der Waals surface area contributed by atoms with Crippen LogP contribution in [0.25, 0.3) is 0 Å². The Hall–Kier alpha value is -1.16. The van der Waals surface area contributed by atoms with E-state index in [1.54, 1.807) is 0 Å². The largest absolute Gasteiger partial charge is 0.486 e. The van der Waals surface area contributed by atoms with E-state index in [4.69, 9.17) is 4.74 Å². The Morgan fingerprint density at radius 3 is 2.50 bits per heavy atom. The molecule has 0 heterocycles. The number of hydrogen-bond acceptors (Lipinski definition) is 2. The first-order chi connectivity index (χ1) is 7.75. The van der Waals surface area contributed by atoms with Crippen LogP contribution >= 0.6 is 0 Å². The van der Waals surface area contributed by atoms with Crippen molar-refractivity contribution in [2.75, 3.05) is 19.7 Å². The lowest BCUT2D eigenvalue weighted by Crippen LogP contribution is -2.22. The number of para-hydroxylation sites is 1. The van der Waals surface area contributed by atoms with Gasteiger partial charge in [0.15, 0.2) is 17.4 Å². The van der Waals surface area contributed by atoms with Crippen molar-refractivity contribution in [1.82, 2.24) is 5.32 Å². The minimum absolute atomic E-state index is 0.265. The molecule has 0 aliphatic carbocycles. The Morgan fingerprint density at radius 2 is 1.88 bits per heavy atom. The Kier molecular flexibility index (Phi) is 5.78. The first-order valence-electron chi connectivity index (χ1n) is 5.53. The normalized spacial score (nSPS) is 10.4. The fraction of sp³-hybridized carbons (Fsp3) is 0.500. The predicted molar refractivity (Wildman–Crippen MR) is 59.6 cm³/mol. The van der Waals surface area contributed by atoms with Gasteiger partial charge in [-0.3, -0.25) is 0 Å². The van der Waals surface area contributed by atoms with Gasteiger partial charge in [-0.15, -0.1) is 0 Å². The fourth-order valence-corrected chi connectivity index (χ4v) is 1.27. The van der Waals surface area contributed by atoms with Gasteiger partial charge in [-0.1, -0.05) is 19.4 Å². The van der Waals surface area contributed by atoms with E-state index in [1.807, 2.05) is 0 Å². The average molecular weight is 229 g/mol. The van der Waals surface area contributed by atoms with Crippen molar-refractivity contribution >= 4 is 0 Å². The second kappa shape index (κ2) is 7.17. The zero-order chi connectivity index (χ0) is 11.8. The standard InChI is InChI=1S/C12H17F2NO/c1-2-3-7-15-8-9-16-12-10(13)5-4-6-11(12)14/h4-6,15H,2-3,7-9H2,1H3. The molecule has 90 valence electrons. The van der Waals surface area contributed by atoms with Crippen LogP contribution in [0.2, 0.25) is 0 Å². The Morgan fingerprint density at radius 1 is 1.19 bits per heavy atom. The number of unbranched alkanes of at least 4 members (excludes halogenated alkanes) is 1. The second-order valence-electron chi connectivity index (χ2n) is 3.50. The summed E-state index contributed by atoms with van der Waals surface area (Å²) in [5.41, 5.74) is 0. The molecule has 1 rings (SSSR count). The molecule has 1 N–H and O–H groups in total. The summed E-state index contributed by atoms with van der Waals surface area (Å²) < 4.78 is 31.2. The lowest BCUT2D eigenvalue weighted by atomic mass is 10.3. The van der Waals surface area contributed by atoms with Crippen molar-refractivity contribution in [3.8, 4) is 5.75 Å². The van der Waals surface area contributed by atoms with E-state index < -0.39 is 11.6 Å². The Balaban J connectivity index is 2.26. The zero-order valence-electron chi connectivity index (χ0n) is 9.43. The smallest absolute Gasteiger partial charge is 0.190 e. The molecule has 0 bridgehead atoms. The summed E-state index contributed by atoms with van der Waals surface area (Å²) in [6.45, 7) is 3.86. The molecule has 0 aromatic heterocycles. The minimum atomic E-state index is -0.659. The summed E-state index contributed by atoms with van der Waals surface area (Å²) in [4.78, 5) is 0. The molecule has 0 saturated heterocycles. The number of benzene rings is 1. The molecule has 0 amide bonds. The molecule has 0 spiro atoms. The van der Waals surface area contributed by atoms with Crippen LogP contribution in [0, 0.1) is 11.6 Å². The van der Waals surface area contributed by atoms with Gasteiger partial charge in [-0.2, -0.15) is 0 Å². The lowest BCUT2D eigenvalue weighted by molar-refractivity contribution is 0.283. The molecule has 1 aromatic rings. The van der Waals surface area contributed by atoms with Crippen LogP contribution in [0.5, 0.6) is 5.75 Å². The molecule has 0 unspecified atom stereocenters. The molecule has 4 heteroatoms. The quantitative estimate of drug-likeness (QED) is 0.726. The van der Waals surface area contributed by atoms with Gasteiger partial charge in [0.05, 0.1) is 0 Å². The molecule has 0 saturated carbocycles. The highest BCUT2D eigenvalue weighted by atomic mass is 19.1. The summed E-state index contributed by atoms with van der Waals surface area (Å²) >= 11 is 0. The topological polar surface area (TPSA) is 21.3 Å². The van der Waals surface area contributed by atoms with E-state index in [0.717, 1.165) is 19.4 Å². The highest BCUT2D eigenvalue weighted by Crippen LogP contribution is 2.20. The summed E-state index contributed by atoms with van der Waals surface area (Å²) in [5, 5.41) is 3.13. The van der Waals surface area contributed by atoms with E-state index in [-0.39, 0.29) is 12.4 Å². The average Bonchev–Trinajstić information content (AvgIpc) is 2.26. The maximum atomic E-state index is 13.1. The van der Waals surface area contributed by atoms with Crippen LogP contribution in [-0.4, -0.2) is 19.7 Å².